The number of piperazine rings is 1. The summed E-state index contributed by atoms with van der Waals surface area (Å²) in [6.07, 6.45) is 1.19. The highest BCUT2D eigenvalue weighted by atomic mass is 32.2. The maximum Gasteiger partial charge on any atom is 0.194 e. The first kappa shape index (κ1) is 21.4. The molecule has 2 rings (SSSR count). The van der Waals surface area contributed by atoms with Gasteiger partial charge >= 0.3 is 0 Å². The van der Waals surface area contributed by atoms with Crippen LogP contribution < -0.4 is 10.2 Å². The van der Waals surface area contributed by atoms with Crippen molar-refractivity contribution in [2.24, 2.45) is 4.99 Å². The Morgan fingerprint density at radius 1 is 1.22 bits per heavy atom. The molecule has 0 saturated carbocycles. The molecule has 1 aliphatic heterocycles. The van der Waals surface area contributed by atoms with Crippen LogP contribution >= 0.6 is 0 Å². The van der Waals surface area contributed by atoms with Crippen LogP contribution in [0.4, 0.5) is 10.1 Å². The summed E-state index contributed by atoms with van der Waals surface area (Å²) in [7, 11) is -3.00. The molecule has 0 bridgehead atoms. The monoisotopic (exact) mass is 400 g/mol. The molecule has 1 fully saturated rings. The Hall–Kier alpha value is -1.87. The van der Waals surface area contributed by atoms with Gasteiger partial charge in [-0.05, 0) is 19.1 Å². The number of nitrogens with one attached hydrogen (secondary N) is 1. The third-order valence-electron chi connectivity index (χ3n) is 4.20. The molecule has 9 heteroatoms. The van der Waals surface area contributed by atoms with Crippen LogP contribution in [-0.2, 0) is 14.6 Å². The lowest BCUT2D eigenvalue weighted by atomic mass is 10.2. The quantitative estimate of drug-likeness (QED) is 0.398. The minimum absolute atomic E-state index is 0.0226. The van der Waals surface area contributed by atoms with E-state index in [0.717, 1.165) is 38.7 Å². The zero-order chi connectivity index (χ0) is 19.7. The summed E-state index contributed by atoms with van der Waals surface area (Å²) in [6, 6.07) is 6.83. The second-order valence-corrected chi connectivity index (χ2v) is 8.66. The number of para-hydroxylation sites is 1. The first-order valence-corrected chi connectivity index (χ1v) is 11.2. The standard InChI is InChI=1S/C18H29FN4O3S/c1-3-20-18(21-8-13-26-14-15-27(2,24)25)23-11-9-22(10-12-23)17-7-5-4-6-16(17)19/h4-7H,3,8-15H2,1-2H3,(H,20,21). The fourth-order valence-electron chi connectivity index (χ4n) is 2.82. The minimum Gasteiger partial charge on any atom is -0.378 e. The zero-order valence-corrected chi connectivity index (χ0v) is 16.8. The largest absolute Gasteiger partial charge is 0.378 e. The van der Waals surface area contributed by atoms with Crippen molar-refractivity contribution in [3.8, 4) is 0 Å². The topological polar surface area (TPSA) is 74.2 Å². The van der Waals surface area contributed by atoms with Crippen LogP contribution in [0.25, 0.3) is 0 Å². The van der Waals surface area contributed by atoms with E-state index >= 15 is 0 Å². The summed E-state index contributed by atoms with van der Waals surface area (Å²) < 4.78 is 41.4. The highest BCUT2D eigenvalue weighted by Gasteiger charge is 2.21. The Labute approximate surface area is 161 Å². The summed E-state index contributed by atoms with van der Waals surface area (Å²) in [5, 5.41) is 3.27. The number of hydrogen-bond donors (Lipinski definition) is 1. The molecule has 0 unspecified atom stereocenters. The number of halogens is 1. The Balaban J connectivity index is 1.82. The lowest BCUT2D eigenvalue weighted by molar-refractivity contribution is 0.157. The molecule has 1 heterocycles. The van der Waals surface area contributed by atoms with Crippen molar-refractivity contribution in [1.29, 1.82) is 0 Å². The molecule has 7 nitrogen and oxygen atoms in total. The predicted octanol–water partition coefficient (Wildman–Crippen LogP) is 0.974. The van der Waals surface area contributed by atoms with E-state index in [9.17, 15) is 12.8 Å². The van der Waals surface area contributed by atoms with E-state index in [2.05, 4.69) is 15.2 Å². The maximum atomic E-state index is 13.9. The number of rotatable bonds is 8. The number of anilines is 1. The number of sulfone groups is 1. The van der Waals surface area contributed by atoms with E-state index < -0.39 is 9.84 Å². The molecular weight excluding hydrogens is 371 g/mol. The lowest BCUT2D eigenvalue weighted by Crippen LogP contribution is -2.52. The summed E-state index contributed by atoms with van der Waals surface area (Å²) in [6.45, 7) is 6.71. The van der Waals surface area contributed by atoms with E-state index in [1.165, 1.54) is 12.3 Å². The first-order chi connectivity index (χ1) is 12.9. The SMILES string of the molecule is CCNC(=NCCOCCS(C)(=O)=O)N1CCN(c2ccccc2F)CC1. The van der Waals surface area contributed by atoms with Crippen molar-refractivity contribution in [2.45, 2.75) is 6.92 Å². The van der Waals surface area contributed by atoms with E-state index in [4.69, 9.17) is 4.74 Å². The van der Waals surface area contributed by atoms with Crippen LogP contribution in [0.5, 0.6) is 0 Å². The van der Waals surface area contributed by atoms with Gasteiger partial charge in [0.15, 0.2) is 5.96 Å². The molecule has 1 aromatic rings. The first-order valence-electron chi connectivity index (χ1n) is 9.19. The molecule has 1 N–H and O–H groups in total. The second-order valence-electron chi connectivity index (χ2n) is 6.40. The van der Waals surface area contributed by atoms with Gasteiger partial charge in [0, 0.05) is 39.0 Å². The van der Waals surface area contributed by atoms with Gasteiger partial charge in [-0.15, -0.1) is 0 Å². The third kappa shape index (κ3) is 7.34. The number of ether oxygens (including phenoxy) is 1. The normalized spacial score (nSPS) is 15.9. The molecular formula is C18H29FN4O3S. The highest BCUT2D eigenvalue weighted by Crippen LogP contribution is 2.20. The average Bonchev–Trinajstić information content (AvgIpc) is 2.63. The predicted molar refractivity (Wildman–Crippen MR) is 107 cm³/mol. The van der Waals surface area contributed by atoms with Crippen molar-refractivity contribution in [1.82, 2.24) is 10.2 Å². The smallest absolute Gasteiger partial charge is 0.194 e. The molecule has 0 aromatic heterocycles. The van der Waals surface area contributed by atoms with E-state index in [1.807, 2.05) is 17.9 Å². The van der Waals surface area contributed by atoms with Gasteiger partial charge in [0.2, 0.25) is 0 Å². The average molecular weight is 401 g/mol. The lowest BCUT2D eigenvalue weighted by Gasteiger charge is -2.37. The third-order valence-corrected chi connectivity index (χ3v) is 5.11. The highest BCUT2D eigenvalue weighted by molar-refractivity contribution is 7.90. The molecule has 1 aliphatic rings. The van der Waals surface area contributed by atoms with Crippen LogP contribution in [0, 0.1) is 5.82 Å². The maximum absolute atomic E-state index is 13.9. The van der Waals surface area contributed by atoms with Crippen molar-refractivity contribution in [3.05, 3.63) is 30.1 Å². The van der Waals surface area contributed by atoms with Crippen LogP contribution in [0.3, 0.4) is 0 Å². The van der Waals surface area contributed by atoms with E-state index in [0.29, 0.717) is 18.8 Å². The summed E-state index contributed by atoms with van der Waals surface area (Å²) in [5.41, 5.74) is 0.637. The number of nitrogens with zero attached hydrogens (tertiary/aromatic N) is 3. The van der Waals surface area contributed by atoms with Gasteiger partial charge in [-0.25, -0.2) is 12.8 Å². The Kier molecular flexibility index (Phi) is 8.30. The fraction of sp³-hybridized carbons (Fsp3) is 0.611. The second kappa shape index (κ2) is 10.5. The Bertz CT molecular complexity index is 719. The molecule has 0 amide bonds. The molecule has 0 aliphatic carbocycles. The molecule has 0 atom stereocenters. The van der Waals surface area contributed by atoms with Gasteiger partial charge < -0.3 is 19.9 Å². The zero-order valence-electron chi connectivity index (χ0n) is 16.0. The minimum atomic E-state index is -3.00. The van der Waals surface area contributed by atoms with Crippen molar-refractivity contribution < 1.29 is 17.5 Å². The van der Waals surface area contributed by atoms with Gasteiger partial charge in [0.05, 0.1) is 31.2 Å². The fourth-order valence-corrected chi connectivity index (χ4v) is 3.24. The van der Waals surface area contributed by atoms with E-state index in [1.54, 1.807) is 12.1 Å². The molecule has 27 heavy (non-hydrogen) atoms. The van der Waals surface area contributed by atoms with Crippen molar-refractivity contribution >= 4 is 21.5 Å². The van der Waals surface area contributed by atoms with Crippen LogP contribution in [0.15, 0.2) is 29.3 Å². The Morgan fingerprint density at radius 3 is 2.56 bits per heavy atom. The summed E-state index contributed by atoms with van der Waals surface area (Å²) in [5.74, 6) is 0.629. The van der Waals surface area contributed by atoms with Crippen LogP contribution in [-0.4, -0.2) is 83.8 Å². The number of guanidine groups is 1. The number of benzene rings is 1. The van der Waals surface area contributed by atoms with Crippen molar-refractivity contribution in [3.63, 3.8) is 0 Å². The number of hydrogen-bond acceptors (Lipinski definition) is 5. The summed E-state index contributed by atoms with van der Waals surface area (Å²) >= 11 is 0. The van der Waals surface area contributed by atoms with Crippen LogP contribution in [0.1, 0.15) is 6.92 Å². The molecule has 0 spiro atoms. The van der Waals surface area contributed by atoms with Gasteiger partial charge in [-0.3, -0.25) is 4.99 Å². The summed E-state index contributed by atoms with van der Waals surface area (Å²) in [4.78, 5) is 8.75. The van der Waals surface area contributed by atoms with Crippen molar-refractivity contribution in [2.75, 3.05) is 69.4 Å². The van der Waals surface area contributed by atoms with E-state index in [-0.39, 0.29) is 18.2 Å². The van der Waals surface area contributed by atoms with Gasteiger partial charge in [-0.1, -0.05) is 12.1 Å². The van der Waals surface area contributed by atoms with Gasteiger partial charge in [-0.2, -0.15) is 0 Å². The molecule has 1 saturated heterocycles. The van der Waals surface area contributed by atoms with Gasteiger partial charge in [0.25, 0.3) is 0 Å². The Morgan fingerprint density at radius 2 is 1.93 bits per heavy atom. The van der Waals surface area contributed by atoms with Gasteiger partial charge in [0.1, 0.15) is 15.7 Å². The number of aliphatic imine (C=N–C) groups is 1. The van der Waals surface area contributed by atoms with Crippen LogP contribution in [0.2, 0.25) is 0 Å². The molecule has 1 aromatic carbocycles. The molecule has 0 radical (unpaired) electrons. The molecule has 152 valence electrons.